The average Bonchev–Trinajstić information content (AvgIpc) is 2.62. The Hall–Kier alpha value is -2.18. The predicted molar refractivity (Wildman–Crippen MR) is 103 cm³/mol. The number of unbranched alkanes of at least 4 members (excludes halogenated alkanes) is 1. The predicted octanol–water partition coefficient (Wildman–Crippen LogP) is 3.32. The second kappa shape index (κ2) is 9.50. The summed E-state index contributed by atoms with van der Waals surface area (Å²) in [7, 11) is -3.73. The lowest BCUT2D eigenvalue weighted by Gasteiger charge is -2.19. The van der Waals surface area contributed by atoms with E-state index in [1.807, 2.05) is 37.3 Å². The van der Waals surface area contributed by atoms with Crippen molar-refractivity contribution >= 4 is 15.9 Å². The molecule has 140 valence electrons. The number of carbonyl (C=O) groups excluding carboxylic acids is 1. The van der Waals surface area contributed by atoms with Gasteiger partial charge in [0.2, 0.25) is 15.9 Å². The fourth-order valence-corrected chi connectivity index (χ4v) is 3.77. The number of hydrogen-bond acceptors (Lipinski definition) is 3. The van der Waals surface area contributed by atoms with E-state index in [0.717, 1.165) is 24.0 Å². The number of sulfonamides is 1. The molecule has 0 saturated heterocycles. The number of nitrogens with one attached hydrogen (secondary N) is 2. The molecule has 0 aliphatic rings. The highest BCUT2D eigenvalue weighted by molar-refractivity contribution is 7.89. The molecule has 0 bridgehead atoms. The van der Waals surface area contributed by atoms with Gasteiger partial charge < -0.3 is 5.32 Å². The maximum Gasteiger partial charge on any atom is 0.241 e. The molecule has 0 aliphatic heterocycles. The summed E-state index contributed by atoms with van der Waals surface area (Å²) in [5.74, 6) is -0.168. The van der Waals surface area contributed by atoms with Gasteiger partial charge in [-0.15, -0.1) is 0 Å². The van der Waals surface area contributed by atoms with E-state index in [1.54, 1.807) is 24.3 Å². The van der Waals surface area contributed by atoms with Crippen LogP contribution >= 0.6 is 0 Å². The Morgan fingerprint density at radius 2 is 1.69 bits per heavy atom. The first-order chi connectivity index (χ1) is 12.4. The van der Waals surface area contributed by atoms with Gasteiger partial charge in [-0.2, -0.15) is 0 Å². The zero-order valence-electron chi connectivity index (χ0n) is 15.2. The molecule has 0 heterocycles. The fourth-order valence-electron chi connectivity index (χ4n) is 2.55. The maximum atomic E-state index is 12.7. The van der Waals surface area contributed by atoms with Crippen LogP contribution in [0.4, 0.5) is 0 Å². The first-order valence-corrected chi connectivity index (χ1v) is 10.3. The van der Waals surface area contributed by atoms with Crippen LogP contribution in [0.15, 0.2) is 59.5 Å². The summed E-state index contributed by atoms with van der Waals surface area (Å²) >= 11 is 0. The Kier molecular flexibility index (Phi) is 7.36. The molecule has 0 radical (unpaired) electrons. The van der Waals surface area contributed by atoms with Crippen LogP contribution in [0.2, 0.25) is 0 Å². The van der Waals surface area contributed by atoms with E-state index in [9.17, 15) is 13.2 Å². The highest BCUT2D eigenvalue weighted by Gasteiger charge is 2.23. The van der Waals surface area contributed by atoms with Crippen molar-refractivity contribution in [3.63, 3.8) is 0 Å². The van der Waals surface area contributed by atoms with Crippen LogP contribution in [-0.2, 0) is 14.8 Å². The summed E-state index contributed by atoms with van der Waals surface area (Å²) in [4.78, 5) is 12.4. The van der Waals surface area contributed by atoms with Crippen molar-refractivity contribution in [2.24, 2.45) is 0 Å². The minimum Gasteiger partial charge on any atom is -0.356 e. The highest BCUT2D eigenvalue weighted by Crippen LogP contribution is 2.20. The monoisotopic (exact) mass is 374 g/mol. The SMILES string of the molecule is CCCCNC(=O)C[C@@H](NS(=O)(=O)c1ccc(C)cc1)c1ccccc1. The molecule has 1 atom stereocenters. The standard InChI is InChI=1S/C20H26N2O3S/c1-3-4-14-21-20(23)15-19(17-8-6-5-7-9-17)22-26(24,25)18-12-10-16(2)11-13-18/h5-13,19,22H,3-4,14-15H2,1-2H3,(H,21,23)/t19-/m1/s1. The second-order valence-corrected chi connectivity index (χ2v) is 8.02. The van der Waals surface area contributed by atoms with Gasteiger partial charge in [-0.25, -0.2) is 13.1 Å². The molecule has 26 heavy (non-hydrogen) atoms. The molecular weight excluding hydrogens is 348 g/mol. The number of benzene rings is 2. The van der Waals surface area contributed by atoms with Gasteiger partial charge in [0.25, 0.3) is 0 Å². The van der Waals surface area contributed by atoms with E-state index in [0.29, 0.717) is 6.54 Å². The van der Waals surface area contributed by atoms with E-state index in [2.05, 4.69) is 17.0 Å². The normalized spacial score (nSPS) is 12.5. The molecule has 2 N–H and O–H groups in total. The van der Waals surface area contributed by atoms with Gasteiger partial charge in [0, 0.05) is 13.0 Å². The molecule has 0 aromatic heterocycles. The molecule has 6 heteroatoms. The molecule has 1 amide bonds. The fraction of sp³-hybridized carbons (Fsp3) is 0.350. The van der Waals surface area contributed by atoms with Crippen molar-refractivity contribution in [1.29, 1.82) is 0 Å². The zero-order valence-corrected chi connectivity index (χ0v) is 16.1. The van der Waals surface area contributed by atoms with Crippen molar-refractivity contribution in [1.82, 2.24) is 10.0 Å². The van der Waals surface area contributed by atoms with Gasteiger partial charge >= 0.3 is 0 Å². The van der Waals surface area contributed by atoms with Crippen molar-refractivity contribution in [2.75, 3.05) is 6.54 Å². The minimum absolute atomic E-state index is 0.0544. The Morgan fingerprint density at radius 3 is 2.31 bits per heavy atom. The molecule has 2 aromatic carbocycles. The summed E-state index contributed by atoms with van der Waals surface area (Å²) in [5.41, 5.74) is 1.74. The van der Waals surface area contributed by atoms with Crippen molar-refractivity contribution in [3.05, 3.63) is 65.7 Å². The summed E-state index contributed by atoms with van der Waals surface area (Å²) in [6.07, 6.45) is 1.94. The maximum absolute atomic E-state index is 12.7. The van der Waals surface area contributed by atoms with E-state index in [1.165, 1.54) is 0 Å². The topological polar surface area (TPSA) is 75.3 Å². The van der Waals surface area contributed by atoms with Gasteiger partial charge in [0.1, 0.15) is 0 Å². The molecule has 0 aliphatic carbocycles. The van der Waals surface area contributed by atoms with Gasteiger partial charge in [-0.3, -0.25) is 4.79 Å². The summed E-state index contributed by atoms with van der Waals surface area (Å²) in [6, 6.07) is 15.2. The molecule has 0 unspecified atom stereocenters. The van der Waals surface area contributed by atoms with Crippen LogP contribution in [0.5, 0.6) is 0 Å². The van der Waals surface area contributed by atoms with E-state index < -0.39 is 16.1 Å². The molecule has 0 spiro atoms. The third kappa shape index (κ3) is 5.97. The van der Waals surface area contributed by atoms with E-state index >= 15 is 0 Å². The van der Waals surface area contributed by atoms with Crippen LogP contribution in [-0.4, -0.2) is 20.9 Å². The molecule has 5 nitrogen and oxygen atoms in total. The van der Waals surface area contributed by atoms with Crippen LogP contribution < -0.4 is 10.0 Å². The summed E-state index contributed by atoms with van der Waals surface area (Å²) in [6.45, 7) is 4.55. The lowest BCUT2D eigenvalue weighted by Crippen LogP contribution is -2.34. The molecule has 0 fully saturated rings. The van der Waals surface area contributed by atoms with Crippen LogP contribution in [0.1, 0.15) is 43.4 Å². The van der Waals surface area contributed by atoms with Crippen molar-refractivity contribution in [2.45, 2.75) is 44.0 Å². The number of aryl methyl sites for hydroxylation is 1. The number of amides is 1. The van der Waals surface area contributed by atoms with Gasteiger partial charge in [-0.05, 0) is 31.0 Å². The average molecular weight is 375 g/mol. The van der Waals surface area contributed by atoms with Gasteiger partial charge in [-0.1, -0.05) is 61.4 Å². The Morgan fingerprint density at radius 1 is 1.04 bits per heavy atom. The van der Waals surface area contributed by atoms with Gasteiger partial charge in [0.15, 0.2) is 0 Å². The summed E-state index contributed by atoms with van der Waals surface area (Å²) in [5, 5.41) is 2.84. The van der Waals surface area contributed by atoms with E-state index in [4.69, 9.17) is 0 Å². The molecule has 2 aromatic rings. The molecule has 0 saturated carbocycles. The largest absolute Gasteiger partial charge is 0.356 e. The first-order valence-electron chi connectivity index (χ1n) is 8.83. The van der Waals surface area contributed by atoms with Crippen molar-refractivity contribution < 1.29 is 13.2 Å². The third-order valence-electron chi connectivity index (χ3n) is 4.07. The van der Waals surface area contributed by atoms with Crippen molar-refractivity contribution in [3.8, 4) is 0 Å². The number of hydrogen-bond donors (Lipinski definition) is 2. The Bertz CT molecular complexity index is 803. The lowest BCUT2D eigenvalue weighted by molar-refractivity contribution is -0.121. The minimum atomic E-state index is -3.73. The quantitative estimate of drug-likeness (QED) is 0.661. The Labute approximate surface area is 155 Å². The smallest absolute Gasteiger partial charge is 0.241 e. The first kappa shape index (κ1) is 20.1. The summed E-state index contributed by atoms with van der Waals surface area (Å²) < 4.78 is 28.1. The van der Waals surface area contributed by atoms with Crippen LogP contribution in [0, 0.1) is 6.92 Å². The number of carbonyl (C=O) groups is 1. The third-order valence-corrected chi connectivity index (χ3v) is 5.56. The van der Waals surface area contributed by atoms with Crippen LogP contribution in [0.25, 0.3) is 0 Å². The van der Waals surface area contributed by atoms with Gasteiger partial charge in [0.05, 0.1) is 10.9 Å². The zero-order chi connectivity index (χ0) is 19.0. The van der Waals surface area contributed by atoms with Crippen LogP contribution in [0.3, 0.4) is 0 Å². The lowest BCUT2D eigenvalue weighted by atomic mass is 10.0. The van der Waals surface area contributed by atoms with E-state index in [-0.39, 0.29) is 17.2 Å². The second-order valence-electron chi connectivity index (χ2n) is 6.31. The molecule has 2 rings (SSSR count). The highest BCUT2D eigenvalue weighted by atomic mass is 32.2. The number of rotatable bonds is 9. The Balaban J connectivity index is 2.18. The molecular formula is C20H26N2O3S.